The molecule has 0 aliphatic carbocycles. The summed E-state index contributed by atoms with van der Waals surface area (Å²) < 4.78 is 1.15. The molecular weight excluding hydrogens is 338 g/mol. The van der Waals surface area contributed by atoms with Crippen LogP contribution in [0.5, 0.6) is 5.75 Å². The lowest BCUT2D eigenvalue weighted by atomic mass is 9.98. The number of hydrogen-bond donors (Lipinski definition) is 1. The molecule has 4 aromatic carbocycles. The van der Waals surface area contributed by atoms with Crippen LogP contribution in [-0.4, -0.2) is 10.1 Å². The van der Waals surface area contributed by atoms with Crippen molar-refractivity contribution in [3.63, 3.8) is 0 Å². The molecule has 124 valence electrons. The van der Waals surface area contributed by atoms with Gasteiger partial charge in [-0.25, -0.2) is 4.98 Å². The Hall–Kier alpha value is -3.17. The molecule has 0 unspecified atom stereocenters. The number of aromatic nitrogens is 1. The summed E-state index contributed by atoms with van der Waals surface area (Å²) in [5.74, 6) is 0.263. The van der Waals surface area contributed by atoms with E-state index >= 15 is 0 Å². The molecule has 0 fully saturated rings. The minimum absolute atomic E-state index is 0.263. The Morgan fingerprint density at radius 2 is 1.38 bits per heavy atom. The van der Waals surface area contributed by atoms with Crippen molar-refractivity contribution >= 4 is 32.3 Å². The van der Waals surface area contributed by atoms with E-state index in [-0.39, 0.29) is 5.75 Å². The second-order valence-corrected chi connectivity index (χ2v) is 7.22. The van der Waals surface area contributed by atoms with E-state index in [4.69, 9.17) is 4.98 Å². The van der Waals surface area contributed by atoms with Gasteiger partial charge in [-0.3, -0.25) is 0 Å². The maximum absolute atomic E-state index is 10.2. The molecule has 5 aromatic rings. The van der Waals surface area contributed by atoms with E-state index < -0.39 is 0 Å². The molecule has 0 aliphatic heterocycles. The summed E-state index contributed by atoms with van der Waals surface area (Å²) in [7, 11) is 0. The van der Waals surface area contributed by atoms with Crippen molar-refractivity contribution in [3.05, 3.63) is 84.9 Å². The Balaban J connectivity index is 1.84. The molecule has 0 radical (unpaired) electrons. The molecule has 0 aliphatic rings. The first-order valence-corrected chi connectivity index (χ1v) is 9.29. The molecule has 1 heterocycles. The topological polar surface area (TPSA) is 33.1 Å². The zero-order chi connectivity index (χ0) is 17.5. The monoisotopic (exact) mass is 353 g/mol. The number of fused-ring (bicyclic) bond motifs is 3. The van der Waals surface area contributed by atoms with Gasteiger partial charge in [-0.15, -0.1) is 11.3 Å². The zero-order valence-electron chi connectivity index (χ0n) is 13.9. The van der Waals surface area contributed by atoms with Crippen LogP contribution in [-0.2, 0) is 0 Å². The maximum atomic E-state index is 10.2. The highest BCUT2D eigenvalue weighted by Crippen LogP contribution is 2.41. The van der Waals surface area contributed by atoms with Crippen LogP contribution in [0.3, 0.4) is 0 Å². The number of rotatable bonds is 2. The average molecular weight is 353 g/mol. The van der Waals surface area contributed by atoms with Crippen molar-refractivity contribution in [1.29, 1.82) is 0 Å². The van der Waals surface area contributed by atoms with Crippen LogP contribution >= 0.6 is 11.3 Å². The largest absolute Gasteiger partial charge is 0.507 e. The summed E-state index contributed by atoms with van der Waals surface area (Å²) in [4.78, 5) is 4.84. The van der Waals surface area contributed by atoms with E-state index in [1.807, 2.05) is 24.3 Å². The predicted molar refractivity (Wildman–Crippen MR) is 110 cm³/mol. The summed E-state index contributed by atoms with van der Waals surface area (Å²) in [6.07, 6.45) is 0. The fraction of sp³-hybridized carbons (Fsp3) is 0. The van der Waals surface area contributed by atoms with Gasteiger partial charge in [0, 0.05) is 5.39 Å². The Bertz CT molecular complexity index is 1240. The van der Waals surface area contributed by atoms with Gasteiger partial charge in [0.25, 0.3) is 0 Å². The summed E-state index contributed by atoms with van der Waals surface area (Å²) in [5, 5.41) is 13.5. The quantitative estimate of drug-likeness (QED) is 0.393. The Morgan fingerprint density at radius 1 is 0.692 bits per heavy atom. The molecule has 0 atom stereocenters. The first-order chi connectivity index (χ1) is 12.8. The first-order valence-electron chi connectivity index (χ1n) is 8.47. The number of benzene rings is 4. The zero-order valence-corrected chi connectivity index (χ0v) is 14.7. The summed E-state index contributed by atoms with van der Waals surface area (Å²) >= 11 is 1.63. The van der Waals surface area contributed by atoms with Crippen molar-refractivity contribution in [1.82, 2.24) is 4.98 Å². The summed E-state index contributed by atoms with van der Waals surface area (Å²) in [6, 6.07) is 28.4. The van der Waals surface area contributed by atoms with Gasteiger partial charge in [0.15, 0.2) is 0 Å². The lowest BCUT2D eigenvalue weighted by Gasteiger charge is -2.07. The molecule has 2 nitrogen and oxygen atoms in total. The van der Waals surface area contributed by atoms with E-state index in [1.165, 1.54) is 21.9 Å². The number of aromatic hydroxyl groups is 1. The third-order valence-electron chi connectivity index (χ3n) is 4.62. The van der Waals surface area contributed by atoms with Crippen LogP contribution in [0.25, 0.3) is 42.7 Å². The molecule has 0 saturated heterocycles. The van der Waals surface area contributed by atoms with E-state index in [0.717, 1.165) is 20.8 Å². The third-order valence-corrected chi connectivity index (χ3v) is 5.75. The highest BCUT2D eigenvalue weighted by Gasteiger charge is 2.14. The molecule has 0 bridgehead atoms. The Morgan fingerprint density at radius 3 is 2.19 bits per heavy atom. The second-order valence-electron chi connectivity index (χ2n) is 6.22. The molecule has 3 heteroatoms. The van der Waals surface area contributed by atoms with E-state index in [9.17, 15) is 5.11 Å². The van der Waals surface area contributed by atoms with Gasteiger partial charge in [-0.1, -0.05) is 66.7 Å². The lowest BCUT2D eigenvalue weighted by molar-refractivity contribution is 0.477. The molecule has 1 N–H and O–H groups in total. The smallest absolute Gasteiger partial charge is 0.128 e. The average Bonchev–Trinajstić information content (AvgIpc) is 3.12. The highest BCUT2D eigenvalue weighted by molar-refractivity contribution is 7.22. The van der Waals surface area contributed by atoms with Crippen LogP contribution in [0.4, 0.5) is 0 Å². The molecule has 5 rings (SSSR count). The Kier molecular flexibility index (Phi) is 3.47. The van der Waals surface area contributed by atoms with Gasteiger partial charge in [0.05, 0.1) is 15.8 Å². The minimum Gasteiger partial charge on any atom is -0.507 e. The van der Waals surface area contributed by atoms with E-state index in [0.29, 0.717) is 0 Å². The SMILES string of the molecule is Oc1ccccc1-c1nc2cc(-c3ccccc3)c3ccccc3c2s1. The van der Waals surface area contributed by atoms with Crippen LogP contribution in [0.2, 0.25) is 0 Å². The van der Waals surface area contributed by atoms with Gasteiger partial charge >= 0.3 is 0 Å². The molecule has 0 spiro atoms. The third kappa shape index (κ3) is 2.37. The molecule has 0 saturated carbocycles. The summed E-state index contributed by atoms with van der Waals surface area (Å²) in [5.41, 5.74) is 4.11. The van der Waals surface area contributed by atoms with Crippen LogP contribution in [0.1, 0.15) is 0 Å². The van der Waals surface area contributed by atoms with Crippen molar-refractivity contribution in [2.24, 2.45) is 0 Å². The lowest BCUT2D eigenvalue weighted by Crippen LogP contribution is -1.82. The van der Waals surface area contributed by atoms with Crippen molar-refractivity contribution in [3.8, 4) is 27.4 Å². The van der Waals surface area contributed by atoms with Gasteiger partial charge in [0.1, 0.15) is 10.8 Å². The highest BCUT2D eigenvalue weighted by atomic mass is 32.1. The Labute approximate surface area is 155 Å². The maximum Gasteiger partial charge on any atom is 0.128 e. The standard InChI is InChI=1S/C23H15NOS/c25-21-13-7-6-12-18(21)23-24-20-14-19(15-8-2-1-3-9-15)16-10-4-5-11-17(16)22(20)26-23/h1-14,25H. The fourth-order valence-corrected chi connectivity index (χ4v) is 4.50. The van der Waals surface area contributed by atoms with Crippen molar-refractivity contribution < 1.29 is 5.11 Å². The number of phenolic OH excluding ortho intramolecular Hbond substituents is 1. The molecule has 0 amide bonds. The van der Waals surface area contributed by atoms with Crippen molar-refractivity contribution in [2.45, 2.75) is 0 Å². The van der Waals surface area contributed by atoms with Gasteiger partial charge in [0.2, 0.25) is 0 Å². The number of nitrogens with zero attached hydrogens (tertiary/aromatic N) is 1. The molecule has 26 heavy (non-hydrogen) atoms. The summed E-state index contributed by atoms with van der Waals surface area (Å²) in [6.45, 7) is 0. The fourth-order valence-electron chi connectivity index (χ4n) is 3.38. The van der Waals surface area contributed by atoms with Gasteiger partial charge < -0.3 is 5.11 Å². The minimum atomic E-state index is 0.263. The molecular formula is C23H15NOS. The van der Waals surface area contributed by atoms with Gasteiger partial charge in [-0.2, -0.15) is 0 Å². The van der Waals surface area contributed by atoms with Crippen LogP contribution in [0.15, 0.2) is 84.9 Å². The van der Waals surface area contributed by atoms with Crippen LogP contribution in [0, 0.1) is 0 Å². The van der Waals surface area contributed by atoms with Crippen molar-refractivity contribution in [2.75, 3.05) is 0 Å². The number of phenols is 1. The number of hydrogen-bond acceptors (Lipinski definition) is 3. The molecule has 1 aromatic heterocycles. The number of thiazole rings is 1. The van der Waals surface area contributed by atoms with Gasteiger partial charge in [-0.05, 0) is 34.7 Å². The predicted octanol–water partition coefficient (Wildman–Crippen LogP) is 6.49. The number of para-hydroxylation sites is 1. The van der Waals surface area contributed by atoms with Crippen LogP contribution < -0.4 is 0 Å². The first kappa shape index (κ1) is 15.1. The van der Waals surface area contributed by atoms with E-state index in [1.54, 1.807) is 17.4 Å². The normalized spacial score (nSPS) is 11.2. The van der Waals surface area contributed by atoms with E-state index in [2.05, 4.69) is 54.6 Å². The second kappa shape index (κ2) is 5.97.